The van der Waals surface area contributed by atoms with Gasteiger partial charge in [-0.05, 0) is 15.9 Å². The van der Waals surface area contributed by atoms with Crippen LogP contribution in [-0.2, 0) is 10.6 Å². The molecule has 3 nitrogen and oxygen atoms in total. The number of pyridine rings is 1. The molecule has 0 spiro atoms. The SMILES string of the molecule is COC(=O)c1c(CCl)cnc(C(F)F)c1Br. The number of ether oxygens (including phenoxy) is 1. The first kappa shape index (κ1) is 13.3. The van der Waals surface area contributed by atoms with Crippen molar-refractivity contribution in [3.8, 4) is 0 Å². The molecule has 1 aromatic rings. The zero-order valence-electron chi connectivity index (χ0n) is 8.14. The Morgan fingerprint density at radius 3 is 2.75 bits per heavy atom. The first-order valence-electron chi connectivity index (χ1n) is 4.12. The summed E-state index contributed by atoms with van der Waals surface area (Å²) >= 11 is 8.49. The van der Waals surface area contributed by atoms with E-state index in [1.807, 2.05) is 0 Å². The number of carbonyl (C=O) groups is 1. The zero-order chi connectivity index (χ0) is 12.3. The van der Waals surface area contributed by atoms with Crippen LogP contribution in [0.3, 0.4) is 0 Å². The third-order valence-corrected chi connectivity index (χ3v) is 2.96. The summed E-state index contributed by atoms with van der Waals surface area (Å²) in [5.74, 6) is -0.744. The van der Waals surface area contributed by atoms with Crippen LogP contribution in [0.1, 0.15) is 28.0 Å². The number of alkyl halides is 3. The summed E-state index contributed by atoms with van der Waals surface area (Å²) in [4.78, 5) is 14.9. The van der Waals surface area contributed by atoms with Gasteiger partial charge in [-0.3, -0.25) is 4.98 Å². The Morgan fingerprint density at radius 2 is 2.31 bits per heavy atom. The van der Waals surface area contributed by atoms with Crippen LogP contribution in [-0.4, -0.2) is 18.1 Å². The molecule has 0 aliphatic heterocycles. The number of aromatic nitrogens is 1. The highest BCUT2D eigenvalue weighted by Gasteiger charge is 2.23. The van der Waals surface area contributed by atoms with Gasteiger partial charge in [-0.1, -0.05) is 0 Å². The lowest BCUT2D eigenvalue weighted by molar-refractivity contribution is 0.0597. The van der Waals surface area contributed by atoms with Gasteiger partial charge in [-0.2, -0.15) is 0 Å². The molecule has 1 heterocycles. The minimum atomic E-state index is -2.78. The van der Waals surface area contributed by atoms with E-state index in [9.17, 15) is 13.6 Å². The maximum atomic E-state index is 12.5. The van der Waals surface area contributed by atoms with Crippen molar-refractivity contribution < 1.29 is 18.3 Å². The van der Waals surface area contributed by atoms with E-state index >= 15 is 0 Å². The van der Waals surface area contributed by atoms with Crippen molar-refractivity contribution >= 4 is 33.5 Å². The number of hydrogen-bond donors (Lipinski definition) is 0. The van der Waals surface area contributed by atoms with E-state index in [2.05, 4.69) is 25.7 Å². The van der Waals surface area contributed by atoms with E-state index in [1.165, 1.54) is 0 Å². The van der Waals surface area contributed by atoms with Gasteiger partial charge in [0, 0.05) is 17.6 Å². The Hall–Kier alpha value is -0.750. The van der Waals surface area contributed by atoms with Crippen molar-refractivity contribution in [2.45, 2.75) is 12.3 Å². The predicted molar refractivity (Wildman–Crippen MR) is 57.8 cm³/mol. The number of nitrogens with zero attached hydrogens (tertiary/aromatic N) is 1. The Balaban J connectivity index is 3.40. The standard InChI is InChI=1S/C9H7BrClF2NO2/c1-16-9(15)5-4(2-11)3-14-7(6(5)10)8(12)13/h3,8H,2H2,1H3. The number of methoxy groups -OCH3 is 1. The van der Waals surface area contributed by atoms with Crippen LogP contribution in [0.5, 0.6) is 0 Å². The van der Waals surface area contributed by atoms with Gasteiger partial charge in [-0.15, -0.1) is 11.6 Å². The second-order valence-corrected chi connectivity index (χ2v) is 3.84. The molecule has 0 fully saturated rings. The number of rotatable bonds is 3. The summed E-state index contributed by atoms with van der Waals surface area (Å²) in [7, 11) is 1.16. The Morgan fingerprint density at radius 1 is 1.69 bits per heavy atom. The van der Waals surface area contributed by atoms with Crippen LogP contribution in [0.15, 0.2) is 10.7 Å². The lowest BCUT2D eigenvalue weighted by Gasteiger charge is -2.10. The highest BCUT2D eigenvalue weighted by atomic mass is 79.9. The maximum Gasteiger partial charge on any atom is 0.339 e. The van der Waals surface area contributed by atoms with Gasteiger partial charge in [0.25, 0.3) is 6.43 Å². The van der Waals surface area contributed by atoms with E-state index in [-0.39, 0.29) is 15.9 Å². The summed E-state index contributed by atoms with van der Waals surface area (Å²) in [6, 6.07) is 0. The fraction of sp³-hybridized carbons (Fsp3) is 0.333. The molecule has 0 atom stereocenters. The van der Waals surface area contributed by atoms with Crippen LogP contribution < -0.4 is 0 Å². The quantitative estimate of drug-likeness (QED) is 0.635. The molecule has 0 radical (unpaired) electrons. The van der Waals surface area contributed by atoms with E-state index in [1.54, 1.807) is 0 Å². The molecule has 0 N–H and O–H groups in total. The second kappa shape index (κ2) is 5.54. The molecule has 0 amide bonds. The van der Waals surface area contributed by atoms with E-state index in [0.29, 0.717) is 5.56 Å². The van der Waals surface area contributed by atoms with Crippen LogP contribution in [0.4, 0.5) is 8.78 Å². The molecule has 0 bridgehead atoms. The molecular formula is C9H7BrClF2NO2. The third-order valence-electron chi connectivity index (χ3n) is 1.87. The largest absolute Gasteiger partial charge is 0.465 e. The molecular weight excluding hydrogens is 307 g/mol. The van der Waals surface area contributed by atoms with Gasteiger partial charge < -0.3 is 4.74 Å². The Labute approximate surface area is 104 Å². The molecule has 0 aliphatic carbocycles. The molecule has 0 aliphatic rings. The van der Waals surface area contributed by atoms with Crippen molar-refractivity contribution in [2.24, 2.45) is 0 Å². The molecule has 88 valence electrons. The van der Waals surface area contributed by atoms with Gasteiger partial charge in [0.2, 0.25) is 0 Å². The Kier molecular flexibility index (Phi) is 4.61. The van der Waals surface area contributed by atoms with Crippen LogP contribution in [0, 0.1) is 0 Å². The lowest BCUT2D eigenvalue weighted by Crippen LogP contribution is -2.09. The van der Waals surface area contributed by atoms with Crippen LogP contribution >= 0.6 is 27.5 Å². The predicted octanol–water partition coefficient (Wildman–Crippen LogP) is 3.31. The molecule has 0 saturated heterocycles. The smallest absolute Gasteiger partial charge is 0.339 e. The van der Waals surface area contributed by atoms with Crippen LogP contribution in [0.25, 0.3) is 0 Å². The molecule has 7 heteroatoms. The number of carbonyl (C=O) groups excluding carboxylic acids is 1. The highest BCUT2D eigenvalue weighted by Crippen LogP contribution is 2.31. The van der Waals surface area contributed by atoms with Gasteiger partial charge >= 0.3 is 5.97 Å². The van der Waals surface area contributed by atoms with Crippen molar-refractivity contribution in [1.82, 2.24) is 4.98 Å². The first-order valence-corrected chi connectivity index (χ1v) is 5.45. The van der Waals surface area contributed by atoms with E-state index in [4.69, 9.17) is 11.6 Å². The monoisotopic (exact) mass is 313 g/mol. The maximum absolute atomic E-state index is 12.5. The summed E-state index contributed by atoms with van der Waals surface area (Å²) < 4.78 is 29.5. The normalized spacial score (nSPS) is 10.6. The molecule has 0 unspecified atom stereocenters. The molecule has 0 aromatic carbocycles. The molecule has 1 rings (SSSR count). The van der Waals surface area contributed by atoms with Crippen molar-refractivity contribution in [3.63, 3.8) is 0 Å². The summed E-state index contributed by atoms with van der Waals surface area (Å²) in [5, 5.41) is 0. The number of esters is 1. The molecule has 0 saturated carbocycles. The first-order chi connectivity index (χ1) is 7.52. The van der Waals surface area contributed by atoms with E-state index < -0.39 is 18.1 Å². The average Bonchev–Trinajstić information content (AvgIpc) is 2.26. The minimum Gasteiger partial charge on any atom is -0.465 e. The number of hydrogen-bond acceptors (Lipinski definition) is 3. The van der Waals surface area contributed by atoms with E-state index in [0.717, 1.165) is 13.3 Å². The lowest BCUT2D eigenvalue weighted by atomic mass is 10.1. The molecule has 16 heavy (non-hydrogen) atoms. The Bertz CT molecular complexity index is 415. The topological polar surface area (TPSA) is 39.2 Å². The summed E-state index contributed by atoms with van der Waals surface area (Å²) in [6.45, 7) is 0. The minimum absolute atomic E-state index is 0.0113. The number of halogens is 4. The van der Waals surface area contributed by atoms with Crippen LogP contribution in [0.2, 0.25) is 0 Å². The average molecular weight is 315 g/mol. The summed E-state index contributed by atoms with van der Waals surface area (Å²) in [6.07, 6.45) is -1.63. The highest BCUT2D eigenvalue weighted by molar-refractivity contribution is 9.10. The van der Waals surface area contributed by atoms with Crippen molar-refractivity contribution in [3.05, 3.63) is 27.5 Å². The van der Waals surface area contributed by atoms with Gasteiger partial charge in [0.1, 0.15) is 5.69 Å². The van der Waals surface area contributed by atoms with Crippen molar-refractivity contribution in [2.75, 3.05) is 7.11 Å². The zero-order valence-corrected chi connectivity index (χ0v) is 10.5. The van der Waals surface area contributed by atoms with Crippen molar-refractivity contribution in [1.29, 1.82) is 0 Å². The van der Waals surface area contributed by atoms with Gasteiger partial charge in [0.05, 0.1) is 17.1 Å². The van der Waals surface area contributed by atoms with Gasteiger partial charge in [0.15, 0.2) is 0 Å². The van der Waals surface area contributed by atoms with Gasteiger partial charge in [-0.25, -0.2) is 13.6 Å². The fourth-order valence-corrected chi connectivity index (χ4v) is 2.01. The fourth-order valence-electron chi connectivity index (χ4n) is 1.11. The third kappa shape index (κ3) is 2.49. The summed E-state index contributed by atoms with van der Waals surface area (Å²) in [5.41, 5.74) is -0.179. The molecule has 1 aromatic heterocycles. The second-order valence-electron chi connectivity index (χ2n) is 2.78.